The van der Waals surface area contributed by atoms with Gasteiger partial charge in [0.1, 0.15) is 12.4 Å². The smallest absolute Gasteiger partial charge is 0.271 e. The Labute approximate surface area is 150 Å². The molecule has 5 heteroatoms. The Morgan fingerprint density at radius 1 is 1.12 bits per heavy atom. The van der Waals surface area contributed by atoms with Gasteiger partial charge in [0.2, 0.25) is 0 Å². The van der Waals surface area contributed by atoms with E-state index in [2.05, 4.69) is 29.6 Å². The maximum Gasteiger partial charge on any atom is 0.271 e. The van der Waals surface area contributed by atoms with E-state index in [0.29, 0.717) is 12.2 Å². The van der Waals surface area contributed by atoms with Crippen molar-refractivity contribution in [3.63, 3.8) is 0 Å². The predicted molar refractivity (Wildman–Crippen MR) is 101 cm³/mol. The molecule has 4 nitrogen and oxygen atoms in total. The zero-order chi connectivity index (χ0) is 17.5. The number of ether oxygens (including phenoxy) is 1. The number of nitrogens with zero attached hydrogens (tertiary/aromatic N) is 1. The van der Waals surface area contributed by atoms with Crippen LogP contribution in [0.5, 0.6) is 5.75 Å². The highest BCUT2D eigenvalue weighted by molar-refractivity contribution is 7.11. The minimum atomic E-state index is -0.252. The third kappa shape index (κ3) is 5.02. The molecule has 126 valence electrons. The number of hydrogen-bond donors (Lipinski definition) is 1. The van der Waals surface area contributed by atoms with Gasteiger partial charge in [-0.2, -0.15) is 5.10 Å². The first kappa shape index (κ1) is 16.9. The fourth-order valence-corrected chi connectivity index (χ4v) is 2.72. The van der Waals surface area contributed by atoms with Crippen molar-refractivity contribution in [3.05, 3.63) is 87.6 Å². The monoisotopic (exact) mass is 350 g/mol. The predicted octanol–water partition coefficient (Wildman–Crippen LogP) is 4.40. The quantitative estimate of drug-likeness (QED) is 0.529. The Bertz CT molecular complexity index is 838. The topological polar surface area (TPSA) is 50.7 Å². The minimum Gasteiger partial charge on any atom is -0.489 e. The number of nitrogens with one attached hydrogen (secondary N) is 1. The van der Waals surface area contributed by atoms with Gasteiger partial charge in [-0.1, -0.05) is 35.9 Å². The van der Waals surface area contributed by atoms with Crippen LogP contribution in [0.15, 0.2) is 71.1 Å². The van der Waals surface area contributed by atoms with Crippen LogP contribution in [0.25, 0.3) is 0 Å². The van der Waals surface area contributed by atoms with Crippen molar-refractivity contribution >= 4 is 23.5 Å². The molecular formula is C20H18N2O2S. The standard InChI is InChI=1S/C20H18N2O2S/c1-15-4-6-16(7-5-15)14-24-18-10-8-17(9-11-18)20(23)22-21-13-19-3-2-12-25-19/h2-13H,14H2,1H3,(H,22,23)/b21-13+. The van der Waals surface area contributed by atoms with Gasteiger partial charge in [-0.05, 0) is 48.2 Å². The summed E-state index contributed by atoms with van der Waals surface area (Å²) in [6.07, 6.45) is 1.63. The maximum absolute atomic E-state index is 12.0. The summed E-state index contributed by atoms with van der Waals surface area (Å²) in [6, 6.07) is 19.1. The van der Waals surface area contributed by atoms with Gasteiger partial charge in [-0.15, -0.1) is 11.3 Å². The molecule has 0 aliphatic rings. The van der Waals surface area contributed by atoms with Gasteiger partial charge in [0.25, 0.3) is 5.91 Å². The van der Waals surface area contributed by atoms with E-state index >= 15 is 0 Å². The van der Waals surface area contributed by atoms with Crippen LogP contribution in [0, 0.1) is 6.92 Å². The summed E-state index contributed by atoms with van der Waals surface area (Å²) in [7, 11) is 0. The number of thiophene rings is 1. The van der Waals surface area contributed by atoms with Gasteiger partial charge >= 0.3 is 0 Å². The molecule has 0 unspecified atom stereocenters. The van der Waals surface area contributed by atoms with Gasteiger partial charge in [0.15, 0.2) is 0 Å². The number of hydrazone groups is 1. The summed E-state index contributed by atoms with van der Waals surface area (Å²) in [5.41, 5.74) is 5.38. The molecular weight excluding hydrogens is 332 g/mol. The van der Waals surface area contributed by atoms with Gasteiger partial charge in [-0.3, -0.25) is 4.79 Å². The van der Waals surface area contributed by atoms with Crippen LogP contribution >= 0.6 is 11.3 Å². The Kier molecular flexibility index (Phi) is 5.59. The van der Waals surface area contributed by atoms with E-state index in [1.807, 2.05) is 29.6 Å². The molecule has 0 saturated heterocycles. The van der Waals surface area contributed by atoms with E-state index < -0.39 is 0 Å². The molecule has 0 aliphatic carbocycles. The van der Waals surface area contributed by atoms with E-state index in [-0.39, 0.29) is 5.91 Å². The zero-order valence-corrected chi connectivity index (χ0v) is 14.6. The molecule has 1 N–H and O–H groups in total. The Morgan fingerprint density at radius 3 is 2.56 bits per heavy atom. The molecule has 0 saturated carbocycles. The molecule has 0 bridgehead atoms. The lowest BCUT2D eigenvalue weighted by atomic mass is 10.2. The molecule has 0 atom stereocenters. The number of carbonyl (C=O) groups is 1. The van der Waals surface area contributed by atoms with Crippen LogP contribution in [0.2, 0.25) is 0 Å². The highest BCUT2D eigenvalue weighted by Gasteiger charge is 2.04. The first-order valence-corrected chi connectivity index (χ1v) is 8.74. The second kappa shape index (κ2) is 8.26. The van der Waals surface area contributed by atoms with Crippen molar-refractivity contribution in [2.24, 2.45) is 5.10 Å². The van der Waals surface area contributed by atoms with E-state index in [0.717, 1.165) is 16.2 Å². The fourth-order valence-electron chi connectivity index (χ4n) is 2.14. The molecule has 0 aliphatic heterocycles. The van der Waals surface area contributed by atoms with Crippen LogP contribution in [-0.2, 0) is 6.61 Å². The molecule has 0 fully saturated rings. The molecule has 0 radical (unpaired) electrons. The Morgan fingerprint density at radius 2 is 1.88 bits per heavy atom. The lowest BCUT2D eigenvalue weighted by Crippen LogP contribution is -2.17. The number of aryl methyl sites for hydroxylation is 1. The van der Waals surface area contributed by atoms with Crippen molar-refractivity contribution in [3.8, 4) is 5.75 Å². The van der Waals surface area contributed by atoms with Crippen molar-refractivity contribution in [2.75, 3.05) is 0 Å². The largest absolute Gasteiger partial charge is 0.489 e. The number of carbonyl (C=O) groups excluding carboxylic acids is 1. The van der Waals surface area contributed by atoms with Crippen molar-refractivity contribution < 1.29 is 9.53 Å². The van der Waals surface area contributed by atoms with Gasteiger partial charge < -0.3 is 4.74 Å². The second-order valence-electron chi connectivity index (χ2n) is 5.51. The van der Waals surface area contributed by atoms with E-state index in [9.17, 15) is 4.79 Å². The summed E-state index contributed by atoms with van der Waals surface area (Å²) in [6.45, 7) is 2.55. The van der Waals surface area contributed by atoms with Crippen LogP contribution in [0.1, 0.15) is 26.4 Å². The Hall–Kier alpha value is -2.92. The first-order chi connectivity index (χ1) is 12.2. The average molecular weight is 350 g/mol. The fraction of sp³-hybridized carbons (Fsp3) is 0.100. The lowest BCUT2D eigenvalue weighted by Gasteiger charge is -2.07. The van der Waals surface area contributed by atoms with Crippen molar-refractivity contribution in [2.45, 2.75) is 13.5 Å². The van der Waals surface area contributed by atoms with Crippen molar-refractivity contribution in [1.82, 2.24) is 5.43 Å². The van der Waals surface area contributed by atoms with E-state index in [1.165, 1.54) is 5.56 Å². The summed E-state index contributed by atoms with van der Waals surface area (Å²) >= 11 is 1.56. The van der Waals surface area contributed by atoms with Gasteiger partial charge in [0.05, 0.1) is 6.21 Å². The summed E-state index contributed by atoms with van der Waals surface area (Å²) in [5.74, 6) is 0.470. The number of amides is 1. The summed E-state index contributed by atoms with van der Waals surface area (Å²) in [4.78, 5) is 13.0. The molecule has 1 amide bonds. The third-order valence-electron chi connectivity index (χ3n) is 3.54. The number of benzene rings is 2. The highest BCUT2D eigenvalue weighted by atomic mass is 32.1. The third-order valence-corrected chi connectivity index (χ3v) is 4.35. The zero-order valence-electron chi connectivity index (χ0n) is 13.8. The molecule has 0 spiro atoms. The lowest BCUT2D eigenvalue weighted by molar-refractivity contribution is 0.0955. The summed E-state index contributed by atoms with van der Waals surface area (Å²) in [5, 5.41) is 5.91. The van der Waals surface area contributed by atoms with Crippen LogP contribution in [0.4, 0.5) is 0 Å². The van der Waals surface area contributed by atoms with E-state index in [4.69, 9.17) is 4.74 Å². The molecule has 1 heterocycles. The first-order valence-electron chi connectivity index (χ1n) is 7.86. The van der Waals surface area contributed by atoms with Crippen molar-refractivity contribution in [1.29, 1.82) is 0 Å². The Balaban J connectivity index is 1.52. The number of rotatable bonds is 6. The highest BCUT2D eigenvalue weighted by Crippen LogP contribution is 2.14. The van der Waals surface area contributed by atoms with Crippen LogP contribution in [-0.4, -0.2) is 12.1 Å². The minimum absolute atomic E-state index is 0.252. The van der Waals surface area contributed by atoms with Gasteiger partial charge in [-0.25, -0.2) is 5.43 Å². The second-order valence-corrected chi connectivity index (χ2v) is 6.49. The van der Waals surface area contributed by atoms with Crippen LogP contribution < -0.4 is 10.2 Å². The molecule has 2 aromatic carbocycles. The number of hydrogen-bond acceptors (Lipinski definition) is 4. The average Bonchev–Trinajstić information content (AvgIpc) is 3.15. The van der Waals surface area contributed by atoms with Crippen LogP contribution in [0.3, 0.4) is 0 Å². The molecule has 25 heavy (non-hydrogen) atoms. The molecule has 1 aromatic heterocycles. The maximum atomic E-state index is 12.0. The molecule has 3 aromatic rings. The SMILES string of the molecule is Cc1ccc(COc2ccc(C(=O)N/N=C/c3cccs3)cc2)cc1. The van der Waals surface area contributed by atoms with Gasteiger partial charge in [0, 0.05) is 10.4 Å². The normalized spacial score (nSPS) is 10.8. The summed E-state index contributed by atoms with van der Waals surface area (Å²) < 4.78 is 5.74. The van der Waals surface area contributed by atoms with E-state index in [1.54, 1.807) is 41.8 Å². The molecule has 3 rings (SSSR count).